The second-order valence-corrected chi connectivity index (χ2v) is 15.2. The molecule has 2 aliphatic rings. The van der Waals surface area contributed by atoms with Crippen molar-refractivity contribution in [2.45, 2.75) is 117 Å². The highest BCUT2D eigenvalue weighted by Gasteiger charge is 2.31. The number of aryl methyl sites for hydroxylation is 1. The molecule has 6 nitrogen and oxygen atoms in total. The third-order valence-corrected chi connectivity index (χ3v) is 10.5. The Hall–Kier alpha value is -3.93. The number of ether oxygens (including phenoxy) is 1. The van der Waals surface area contributed by atoms with Crippen LogP contribution in [-0.2, 0) is 22.5 Å². The molecule has 0 unspecified atom stereocenters. The van der Waals surface area contributed by atoms with Crippen LogP contribution in [0.2, 0.25) is 0 Å². The molecule has 0 radical (unpaired) electrons. The van der Waals surface area contributed by atoms with Crippen LogP contribution in [0.15, 0.2) is 66.7 Å². The van der Waals surface area contributed by atoms with Gasteiger partial charge in [0, 0.05) is 24.6 Å². The summed E-state index contributed by atoms with van der Waals surface area (Å²) in [6.07, 6.45) is 14.4. The van der Waals surface area contributed by atoms with Crippen LogP contribution in [-0.4, -0.2) is 27.0 Å². The monoisotopic (exact) mass is 647 g/mol. The second-order valence-electron chi connectivity index (χ2n) is 15.2. The number of nitrogens with one attached hydrogen (secondary N) is 1. The maximum absolute atomic E-state index is 13.4. The molecular formula is C42H53N3O3. The van der Waals surface area contributed by atoms with Gasteiger partial charge in [0.15, 0.2) is 0 Å². The molecule has 0 aliphatic heterocycles. The predicted molar refractivity (Wildman–Crippen MR) is 195 cm³/mol. The Bertz CT molecular complexity index is 1700. The van der Waals surface area contributed by atoms with Gasteiger partial charge in [0.2, 0.25) is 5.91 Å². The van der Waals surface area contributed by atoms with Gasteiger partial charge in [-0.3, -0.25) is 4.79 Å². The number of hydrogen-bond donors (Lipinski definition) is 1. The highest BCUT2D eigenvalue weighted by molar-refractivity contribution is 5.97. The fourth-order valence-electron chi connectivity index (χ4n) is 7.87. The normalized spacial score (nSPS) is 18.9. The van der Waals surface area contributed by atoms with Gasteiger partial charge in [0.05, 0.1) is 16.6 Å². The largest absolute Gasteiger partial charge is 0.456 e. The minimum Gasteiger partial charge on any atom is -0.456 e. The summed E-state index contributed by atoms with van der Waals surface area (Å²) in [5.74, 6) is 2.71. The van der Waals surface area contributed by atoms with Crippen molar-refractivity contribution in [3.63, 3.8) is 0 Å². The van der Waals surface area contributed by atoms with Crippen molar-refractivity contribution in [3.05, 3.63) is 83.7 Å². The molecule has 6 rings (SSSR count). The van der Waals surface area contributed by atoms with E-state index in [1.165, 1.54) is 44.9 Å². The van der Waals surface area contributed by atoms with E-state index in [0.717, 1.165) is 83.2 Å². The number of carbonyl (C=O) groups excluding carboxylic acids is 2. The van der Waals surface area contributed by atoms with E-state index in [1.54, 1.807) is 0 Å². The van der Waals surface area contributed by atoms with E-state index < -0.39 is 5.60 Å². The van der Waals surface area contributed by atoms with Crippen LogP contribution in [0.25, 0.3) is 22.2 Å². The summed E-state index contributed by atoms with van der Waals surface area (Å²) in [6.45, 7) is 8.54. The molecule has 3 aromatic carbocycles. The van der Waals surface area contributed by atoms with Crippen LogP contribution in [0.5, 0.6) is 0 Å². The molecule has 0 spiro atoms. The lowest BCUT2D eigenvalue weighted by Crippen LogP contribution is -2.30. The number of unbranched alkanes of at least 4 members (excludes halogenated alkanes) is 1. The molecule has 4 aromatic rings. The average molecular weight is 648 g/mol. The van der Waals surface area contributed by atoms with Gasteiger partial charge in [-0.25, -0.2) is 9.78 Å². The Kier molecular flexibility index (Phi) is 10.7. The van der Waals surface area contributed by atoms with Gasteiger partial charge in [0.25, 0.3) is 0 Å². The SMILES string of the molecule is CCCCc1nc2ccc(NC(=O)C3CCC(C4CCCCC4)CC3)cc2n1Cc1ccc(-c2ccccc2C(=O)OC(C)(C)C)cc1. The minimum absolute atomic E-state index is 0.101. The number of aromatic nitrogens is 2. The van der Waals surface area contributed by atoms with Crippen LogP contribution in [0.4, 0.5) is 5.69 Å². The summed E-state index contributed by atoms with van der Waals surface area (Å²) < 4.78 is 7.99. The molecule has 1 heterocycles. The molecule has 0 bridgehead atoms. The molecule has 1 aromatic heterocycles. The van der Waals surface area contributed by atoms with Gasteiger partial charge in [0.1, 0.15) is 11.4 Å². The van der Waals surface area contributed by atoms with Gasteiger partial charge in [-0.1, -0.05) is 87.9 Å². The number of benzene rings is 3. The molecule has 6 heteroatoms. The molecule has 48 heavy (non-hydrogen) atoms. The average Bonchev–Trinajstić information content (AvgIpc) is 3.43. The van der Waals surface area contributed by atoms with Crippen molar-refractivity contribution in [3.8, 4) is 11.1 Å². The van der Waals surface area contributed by atoms with Gasteiger partial charge in [-0.2, -0.15) is 0 Å². The van der Waals surface area contributed by atoms with E-state index in [-0.39, 0.29) is 17.8 Å². The molecule has 2 fully saturated rings. The lowest BCUT2D eigenvalue weighted by Gasteiger charge is -2.35. The van der Waals surface area contributed by atoms with Crippen molar-refractivity contribution in [1.29, 1.82) is 0 Å². The third-order valence-electron chi connectivity index (χ3n) is 10.5. The van der Waals surface area contributed by atoms with E-state index in [4.69, 9.17) is 9.72 Å². The standard InChI is InChI=1S/C42H53N3O3/c1-5-6-16-39-44-37-26-25-34(43-40(46)33-23-21-31(22-24-33)30-12-8-7-9-13-30)27-38(37)45(39)28-29-17-19-32(20-18-29)35-14-10-11-15-36(35)41(47)48-42(2,3)4/h10-11,14-15,17-20,25-27,30-31,33H,5-9,12-13,16,21-24,28H2,1-4H3,(H,43,46). The molecular weight excluding hydrogens is 594 g/mol. The van der Waals surface area contributed by atoms with Gasteiger partial charge in [-0.05, 0) is 106 Å². The smallest absolute Gasteiger partial charge is 0.339 e. The highest BCUT2D eigenvalue weighted by Crippen LogP contribution is 2.40. The first-order valence-corrected chi connectivity index (χ1v) is 18.4. The molecule has 1 amide bonds. The Morgan fingerprint density at radius 3 is 2.29 bits per heavy atom. The summed E-state index contributed by atoms with van der Waals surface area (Å²) >= 11 is 0. The molecule has 0 atom stereocenters. The molecule has 0 saturated heterocycles. The van der Waals surface area contributed by atoms with Crippen LogP contribution < -0.4 is 5.32 Å². The first-order valence-electron chi connectivity index (χ1n) is 18.4. The number of hydrogen-bond acceptors (Lipinski definition) is 4. The number of amides is 1. The first-order chi connectivity index (χ1) is 23.2. The lowest BCUT2D eigenvalue weighted by atomic mass is 9.71. The van der Waals surface area contributed by atoms with Gasteiger partial charge >= 0.3 is 5.97 Å². The maximum atomic E-state index is 13.4. The highest BCUT2D eigenvalue weighted by atomic mass is 16.6. The molecule has 2 aliphatic carbocycles. The Morgan fingerprint density at radius 2 is 1.58 bits per heavy atom. The summed E-state index contributed by atoms with van der Waals surface area (Å²) in [7, 11) is 0. The molecule has 254 valence electrons. The quantitative estimate of drug-likeness (QED) is 0.174. The zero-order valence-electron chi connectivity index (χ0n) is 29.4. The van der Waals surface area contributed by atoms with E-state index >= 15 is 0 Å². The number of carbonyl (C=O) groups is 2. The van der Waals surface area contributed by atoms with E-state index in [1.807, 2.05) is 57.2 Å². The zero-order chi connectivity index (χ0) is 33.7. The third kappa shape index (κ3) is 8.19. The number of fused-ring (bicyclic) bond motifs is 1. The van der Waals surface area contributed by atoms with Crippen LogP contribution in [0.3, 0.4) is 0 Å². The fourth-order valence-corrected chi connectivity index (χ4v) is 7.87. The molecule has 1 N–H and O–H groups in total. The Labute approximate surface area is 286 Å². The van der Waals surface area contributed by atoms with E-state index in [2.05, 4.69) is 47.1 Å². The summed E-state index contributed by atoms with van der Waals surface area (Å²) in [5, 5.41) is 3.28. The number of anilines is 1. The van der Waals surface area contributed by atoms with Crippen molar-refractivity contribution in [2.24, 2.45) is 17.8 Å². The maximum Gasteiger partial charge on any atom is 0.339 e. The molecule has 2 saturated carbocycles. The number of nitrogens with zero attached hydrogens (tertiary/aromatic N) is 2. The minimum atomic E-state index is -0.562. The van der Waals surface area contributed by atoms with Gasteiger partial charge < -0.3 is 14.6 Å². The predicted octanol–water partition coefficient (Wildman–Crippen LogP) is 10.4. The van der Waals surface area contributed by atoms with Crippen molar-refractivity contribution >= 4 is 28.6 Å². The van der Waals surface area contributed by atoms with Crippen LogP contribution in [0, 0.1) is 17.8 Å². The summed E-state index contributed by atoms with van der Waals surface area (Å²) in [6, 6.07) is 22.2. The van der Waals surface area contributed by atoms with Gasteiger partial charge in [-0.15, -0.1) is 0 Å². The van der Waals surface area contributed by atoms with E-state index in [9.17, 15) is 9.59 Å². The second kappa shape index (κ2) is 15.1. The summed E-state index contributed by atoms with van der Waals surface area (Å²) in [5.41, 5.74) is 5.82. The van der Waals surface area contributed by atoms with Crippen molar-refractivity contribution in [1.82, 2.24) is 9.55 Å². The van der Waals surface area contributed by atoms with E-state index in [0.29, 0.717) is 12.1 Å². The number of rotatable bonds is 10. The zero-order valence-corrected chi connectivity index (χ0v) is 29.4. The van der Waals surface area contributed by atoms with Crippen molar-refractivity contribution in [2.75, 3.05) is 5.32 Å². The van der Waals surface area contributed by atoms with Crippen molar-refractivity contribution < 1.29 is 14.3 Å². The first kappa shape index (κ1) is 34.0. The lowest BCUT2D eigenvalue weighted by molar-refractivity contribution is -0.121. The van der Waals surface area contributed by atoms with Crippen LogP contribution in [0.1, 0.15) is 120 Å². The summed E-state index contributed by atoms with van der Waals surface area (Å²) in [4.78, 5) is 31.4. The Morgan fingerprint density at radius 1 is 0.875 bits per heavy atom. The van der Waals surface area contributed by atoms with Crippen LogP contribution >= 0.6 is 0 Å². The topological polar surface area (TPSA) is 73.2 Å². The fraction of sp³-hybridized carbons (Fsp3) is 0.500. The number of imidazole rings is 1. The Balaban J connectivity index is 1.18. The number of esters is 1.